The summed E-state index contributed by atoms with van der Waals surface area (Å²) in [5.74, 6) is -3.01. The van der Waals surface area contributed by atoms with Gasteiger partial charge in [-0.25, -0.2) is 13.6 Å². The van der Waals surface area contributed by atoms with Crippen LogP contribution in [-0.2, 0) is 4.79 Å². The molecule has 1 aliphatic heterocycles. The van der Waals surface area contributed by atoms with Crippen LogP contribution >= 0.6 is 0 Å². The average Bonchev–Trinajstić information content (AvgIpc) is 2.78. The van der Waals surface area contributed by atoms with E-state index in [4.69, 9.17) is 4.74 Å². The third-order valence-corrected chi connectivity index (χ3v) is 4.26. The summed E-state index contributed by atoms with van der Waals surface area (Å²) in [6, 6.07) is 4.08. The van der Waals surface area contributed by atoms with Crippen molar-refractivity contribution in [3.63, 3.8) is 0 Å². The number of carboxylic acid groups (broad SMARTS) is 1. The summed E-state index contributed by atoms with van der Waals surface area (Å²) in [6.07, 6.45) is 0. The van der Waals surface area contributed by atoms with Gasteiger partial charge in [-0.15, -0.1) is 0 Å². The molecule has 0 amide bonds. The van der Waals surface area contributed by atoms with Gasteiger partial charge < -0.3 is 9.84 Å². The molecule has 1 N–H and O–H groups in total. The molecule has 2 atom stereocenters. The van der Waals surface area contributed by atoms with Gasteiger partial charge in [0, 0.05) is 24.5 Å². The maximum Gasteiger partial charge on any atom is 0.343 e. The summed E-state index contributed by atoms with van der Waals surface area (Å²) in [6.45, 7) is 5.69. The molecule has 6 heteroatoms. The summed E-state index contributed by atoms with van der Waals surface area (Å²) in [4.78, 5) is 13.2. The molecule has 122 valence electrons. The molecule has 0 saturated carbocycles. The number of hydrogen-bond donors (Lipinski definition) is 1. The highest BCUT2D eigenvalue weighted by atomic mass is 19.1. The van der Waals surface area contributed by atoms with Crippen LogP contribution in [0.3, 0.4) is 0 Å². The standard InChI is InChI=1S/C16H21F2NO3/c1-15(2,3)19-8-11(16(18,9-19)14(20)21)10-5-6-13(22-4)12(17)7-10/h5-7,11H,8-9H2,1-4H3,(H,20,21)/t11-,16-/m0/s1. The molecular weight excluding hydrogens is 292 g/mol. The van der Waals surface area contributed by atoms with Crippen LogP contribution < -0.4 is 4.74 Å². The SMILES string of the molecule is COc1ccc([C@@H]2CN(C(C)(C)C)C[C@@]2(F)C(=O)O)cc1F. The molecule has 1 heterocycles. The summed E-state index contributed by atoms with van der Waals surface area (Å²) in [5.41, 5.74) is -2.48. The first-order valence-electron chi connectivity index (χ1n) is 7.10. The topological polar surface area (TPSA) is 49.8 Å². The molecule has 1 aromatic carbocycles. The number of ether oxygens (including phenoxy) is 1. The van der Waals surface area contributed by atoms with Gasteiger partial charge in [-0.1, -0.05) is 6.07 Å². The van der Waals surface area contributed by atoms with Gasteiger partial charge in [0.05, 0.1) is 7.11 Å². The minimum Gasteiger partial charge on any atom is -0.494 e. The first kappa shape index (κ1) is 16.7. The zero-order valence-electron chi connectivity index (χ0n) is 13.2. The molecule has 1 aliphatic rings. The molecule has 0 spiro atoms. The number of rotatable bonds is 3. The molecular formula is C16H21F2NO3. The van der Waals surface area contributed by atoms with Gasteiger partial charge in [-0.3, -0.25) is 4.90 Å². The Labute approximate surface area is 128 Å². The summed E-state index contributed by atoms with van der Waals surface area (Å²) in [7, 11) is 1.34. The molecule has 1 saturated heterocycles. The van der Waals surface area contributed by atoms with Crippen LogP contribution in [0.2, 0.25) is 0 Å². The number of hydrogen-bond acceptors (Lipinski definition) is 3. The molecule has 2 rings (SSSR count). The zero-order chi connectivity index (χ0) is 16.7. The Morgan fingerprint density at radius 1 is 1.45 bits per heavy atom. The maximum absolute atomic E-state index is 15.1. The fourth-order valence-electron chi connectivity index (χ4n) is 2.81. The van der Waals surface area contributed by atoms with E-state index < -0.39 is 23.4 Å². The van der Waals surface area contributed by atoms with Crippen LogP contribution in [0, 0.1) is 5.82 Å². The summed E-state index contributed by atoms with van der Waals surface area (Å²) in [5, 5.41) is 9.34. The van der Waals surface area contributed by atoms with Crippen molar-refractivity contribution in [1.82, 2.24) is 4.90 Å². The highest BCUT2D eigenvalue weighted by molar-refractivity contribution is 5.80. The molecule has 0 radical (unpaired) electrons. The highest BCUT2D eigenvalue weighted by Crippen LogP contribution is 2.42. The molecule has 4 nitrogen and oxygen atoms in total. The minimum atomic E-state index is -2.44. The second kappa shape index (κ2) is 5.50. The molecule has 1 fully saturated rings. The third kappa shape index (κ3) is 2.79. The number of alkyl halides is 1. The van der Waals surface area contributed by atoms with Gasteiger partial charge >= 0.3 is 5.97 Å². The molecule has 0 bridgehead atoms. The van der Waals surface area contributed by atoms with Crippen LogP contribution in [0.25, 0.3) is 0 Å². The Hall–Kier alpha value is -1.69. The Morgan fingerprint density at radius 3 is 2.55 bits per heavy atom. The first-order valence-corrected chi connectivity index (χ1v) is 7.10. The van der Waals surface area contributed by atoms with E-state index in [2.05, 4.69) is 0 Å². The Morgan fingerprint density at radius 2 is 2.09 bits per heavy atom. The molecule has 22 heavy (non-hydrogen) atoms. The highest BCUT2D eigenvalue weighted by Gasteiger charge is 2.55. The predicted octanol–water partition coefficient (Wildman–Crippen LogP) is 2.82. The quantitative estimate of drug-likeness (QED) is 0.932. The van der Waals surface area contributed by atoms with Gasteiger partial charge in [-0.2, -0.15) is 0 Å². The minimum absolute atomic E-state index is 0.0502. The van der Waals surface area contributed by atoms with Crippen molar-refractivity contribution >= 4 is 5.97 Å². The van der Waals surface area contributed by atoms with E-state index in [9.17, 15) is 14.3 Å². The van der Waals surface area contributed by atoms with Crippen molar-refractivity contribution in [3.8, 4) is 5.75 Å². The van der Waals surface area contributed by atoms with Gasteiger partial charge in [0.2, 0.25) is 5.67 Å². The third-order valence-electron chi connectivity index (χ3n) is 4.26. The lowest BCUT2D eigenvalue weighted by Crippen LogP contribution is -2.44. The largest absolute Gasteiger partial charge is 0.494 e. The average molecular weight is 313 g/mol. The lowest BCUT2D eigenvalue weighted by molar-refractivity contribution is -0.151. The monoisotopic (exact) mass is 313 g/mol. The maximum atomic E-state index is 15.1. The smallest absolute Gasteiger partial charge is 0.343 e. The van der Waals surface area contributed by atoms with Crippen molar-refractivity contribution in [3.05, 3.63) is 29.6 Å². The Balaban J connectivity index is 2.42. The Kier molecular flexibility index (Phi) is 4.17. The van der Waals surface area contributed by atoms with Gasteiger partial charge in [-0.05, 0) is 38.5 Å². The van der Waals surface area contributed by atoms with E-state index in [0.29, 0.717) is 5.56 Å². The second-order valence-corrected chi connectivity index (χ2v) is 6.67. The number of carbonyl (C=O) groups is 1. The fraction of sp³-hybridized carbons (Fsp3) is 0.562. The van der Waals surface area contributed by atoms with Crippen molar-refractivity contribution in [2.75, 3.05) is 20.2 Å². The van der Waals surface area contributed by atoms with Gasteiger partial charge in [0.25, 0.3) is 0 Å². The normalized spacial score (nSPS) is 26.2. The number of carboxylic acids is 1. The van der Waals surface area contributed by atoms with E-state index in [-0.39, 0.29) is 24.4 Å². The van der Waals surface area contributed by atoms with Crippen LogP contribution in [0.4, 0.5) is 8.78 Å². The van der Waals surface area contributed by atoms with Crippen molar-refractivity contribution < 1.29 is 23.4 Å². The van der Waals surface area contributed by atoms with Gasteiger partial charge in [0.15, 0.2) is 11.6 Å². The van der Waals surface area contributed by atoms with Gasteiger partial charge in [0.1, 0.15) is 0 Å². The van der Waals surface area contributed by atoms with Crippen LogP contribution in [0.5, 0.6) is 5.75 Å². The van der Waals surface area contributed by atoms with Crippen molar-refractivity contribution in [1.29, 1.82) is 0 Å². The van der Waals surface area contributed by atoms with E-state index in [1.807, 2.05) is 20.8 Å². The molecule has 0 aromatic heterocycles. The van der Waals surface area contributed by atoms with E-state index in [1.54, 1.807) is 4.90 Å². The van der Waals surface area contributed by atoms with Crippen molar-refractivity contribution in [2.45, 2.75) is 37.9 Å². The number of nitrogens with zero attached hydrogens (tertiary/aromatic N) is 1. The number of methoxy groups -OCH3 is 1. The molecule has 1 aromatic rings. The fourth-order valence-corrected chi connectivity index (χ4v) is 2.81. The van der Waals surface area contributed by atoms with E-state index in [0.717, 1.165) is 6.07 Å². The summed E-state index contributed by atoms with van der Waals surface area (Å²) < 4.78 is 33.8. The second-order valence-electron chi connectivity index (χ2n) is 6.67. The molecule has 0 unspecified atom stereocenters. The number of halogens is 2. The first-order chi connectivity index (χ1) is 10.1. The van der Waals surface area contributed by atoms with E-state index >= 15 is 4.39 Å². The summed E-state index contributed by atoms with van der Waals surface area (Å²) >= 11 is 0. The van der Waals surface area contributed by atoms with E-state index in [1.165, 1.54) is 19.2 Å². The van der Waals surface area contributed by atoms with Crippen LogP contribution in [-0.4, -0.2) is 47.4 Å². The van der Waals surface area contributed by atoms with Crippen LogP contribution in [0.1, 0.15) is 32.3 Å². The van der Waals surface area contributed by atoms with Crippen LogP contribution in [0.15, 0.2) is 18.2 Å². The number of benzene rings is 1. The lowest BCUT2D eigenvalue weighted by atomic mass is 9.86. The Bertz CT molecular complexity index is 585. The zero-order valence-corrected chi connectivity index (χ0v) is 13.2. The number of aliphatic carboxylic acids is 1. The van der Waals surface area contributed by atoms with Crippen molar-refractivity contribution in [2.24, 2.45) is 0 Å². The predicted molar refractivity (Wildman–Crippen MR) is 78.5 cm³/mol. The number of likely N-dealkylation sites (tertiary alicyclic amines) is 1. The molecule has 0 aliphatic carbocycles. The lowest BCUT2D eigenvalue weighted by Gasteiger charge is -2.31.